The highest BCUT2D eigenvalue weighted by Crippen LogP contribution is 2.28. The molecule has 0 saturated carbocycles. The van der Waals surface area contributed by atoms with E-state index in [9.17, 15) is 4.79 Å². The Hall–Kier alpha value is -2.32. The molecular formula is C17H17N3O2. The van der Waals surface area contributed by atoms with Gasteiger partial charge in [-0.2, -0.15) is 5.26 Å². The number of hydrogen-bond donors (Lipinski definition) is 1. The van der Waals surface area contributed by atoms with Gasteiger partial charge in [0.05, 0.1) is 0 Å². The van der Waals surface area contributed by atoms with Crippen LogP contribution in [0.4, 0.5) is 0 Å². The Balaban J connectivity index is 1.54. The molecule has 3 aliphatic heterocycles. The summed E-state index contributed by atoms with van der Waals surface area (Å²) in [5.41, 5.74) is 1.25. The van der Waals surface area contributed by atoms with Gasteiger partial charge in [0.2, 0.25) is 5.76 Å². The van der Waals surface area contributed by atoms with E-state index in [1.807, 2.05) is 6.07 Å². The Kier molecular flexibility index (Phi) is 3.12. The Morgan fingerprint density at radius 2 is 2.14 bits per heavy atom. The summed E-state index contributed by atoms with van der Waals surface area (Å²) in [5.74, 6) is 0.835. The zero-order valence-corrected chi connectivity index (χ0v) is 12.2. The number of nitrogens with zero attached hydrogens (tertiary/aromatic N) is 2. The number of hydrogen-bond acceptors (Lipinski definition) is 4. The molecule has 1 unspecified atom stereocenters. The fourth-order valence-corrected chi connectivity index (χ4v) is 3.62. The van der Waals surface area contributed by atoms with Gasteiger partial charge in [0.25, 0.3) is 5.91 Å². The number of benzene rings is 1. The van der Waals surface area contributed by atoms with E-state index < -0.39 is 0 Å². The molecule has 1 aromatic heterocycles. The van der Waals surface area contributed by atoms with Crippen molar-refractivity contribution in [1.29, 1.82) is 5.26 Å². The number of fused-ring (bicyclic) bond motifs is 4. The second-order valence-corrected chi connectivity index (χ2v) is 6.19. The fourth-order valence-electron chi connectivity index (χ4n) is 3.62. The maximum absolute atomic E-state index is 12.5. The van der Waals surface area contributed by atoms with Crippen LogP contribution in [0, 0.1) is 17.2 Å². The van der Waals surface area contributed by atoms with E-state index in [-0.39, 0.29) is 17.7 Å². The highest BCUT2D eigenvalue weighted by atomic mass is 16.3. The fraction of sp³-hybridized carbons (Fsp3) is 0.412. The van der Waals surface area contributed by atoms with Crippen LogP contribution in [0.15, 0.2) is 28.7 Å². The van der Waals surface area contributed by atoms with Crippen molar-refractivity contribution in [3.63, 3.8) is 0 Å². The minimum Gasteiger partial charge on any atom is -0.446 e. The van der Waals surface area contributed by atoms with E-state index in [0.29, 0.717) is 17.1 Å². The highest BCUT2D eigenvalue weighted by molar-refractivity contribution is 5.98. The summed E-state index contributed by atoms with van der Waals surface area (Å²) in [6.45, 7) is 3.28. The number of carbonyl (C=O) groups is 1. The Morgan fingerprint density at radius 3 is 2.82 bits per heavy atom. The SMILES string of the molecule is N#Cc1cc2cc(C(=O)NC3CN4CCC3CC4)ccc2o1. The van der Waals surface area contributed by atoms with E-state index in [0.717, 1.165) is 25.0 Å². The van der Waals surface area contributed by atoms with Crippen molar-refractivity contribution >= 4 is 16.9 Å². The maximum Gasteiger partial charge on any atom is 0.251 e. The Labute approximate surface area is 128 Å². The summed E-state index contributed by atoms with van der Waals surface area (Å²) in [6.07, 6.45) is 2.36. The van der Waals surface area contributed by atoms with Gasteiger partial charge in [-0.3, -0.25) is 4.79 Å². The standard InChI is InChI=1S/C17H17N3O2/c18-9-14-8-13-7-12(1-2-16(13)22-14)17(21)19-15-10-20-5-3-11(15)4-6-20/h1-2,7-8,11,15H,3-6,10H2,(H,19,21). The highest BCUT2D eigenvalue weighted by Gasteiger charge is 2.34. The summed E-state index contributed by atoms with van der Waals surface area (Å²) < 4.78 is 5.34. The van der Waals surface area contributed by atoms with Crippen LogP contribution < -0.4 is 5.32 Å². The van der Waals surface area contributed by atoms with Crippen LogP contribution in [0.1, 0.15) is 29.0 Å². The third kappa shape index (κ3) is 2.26. The zero-order chi connectivity index (χ0) is 15.1. The smallest absolute Gasteiger partial charge is 0.251 e. The molecule has 1 N–H and O–H groups in total. The van der Waals surface area contributed by atoms with Gasteiger partial charge in [-0.25, -0.2) is 0 Å². The molecule has 22 heavy (non-hydrogen) atoms. The molecule has 1 aromatic carbocycles. The number of nitrogens with one attached hydrogen (secondary N) is 1. The molecule has 0 radical (unpaired) electrons. The summed E-state index contributed by atoms with van der Waals surface area (Å²) in [7, 11) is 0. The van der Waals surface area contributed by atoms with Gasteiger partial charge in [-0.1, -0.05) is 0 Å². The molecule has 3 saturated heterocycles. The predicted octanol–water partition coefficient (Wildman–Crippen LogP) is 2.13. The molecule has 0 spiro atoms. The first kappa shape index (κ1) is 13.4. The van der Waals surface area contributed by atoms with Gasteiger partial charge in [-0.15, -0.1) is 0 Å². The molecular weight excluding hydrogens is 278 g/mol. The van der Waals surface area contributed by atoms with Crippen LogP contribution in [-0.2, 0) is 0 Å². The Morgan fingerprint density at radius 1 is 1.32 bits per heavy atom. The molecule has 1 amide bonds. The third-order valence-electron chi connectivity index (χ3n) is 4.86. The molecule has 5 rings (SSSR count). The van der Waals surface area contributed by atoms with Gasteiger partial charge >= 0.3 is 0 Å². The molecule has 5 nitrogen and oxygen atoms in total. The number of nitriles is 1. The van der Waals surface area contributed by atoms with Gasteiger partial charge in [-0.05, 0) is 50.0 Å². The zero-order valence-electron chi connectivity index (χ0n) is 12.2. The minimum atomic E-state index is -0.0413. The quantitative estimate of drug-likeness (QED) is 0.921. The average Bonchev–Trinajstić information content (AvgIpc) is 2.98. The van der Waals surface area contributed by atoms with Crippen LogP contribution in [0.5, 0.6) is 0 Å². The van der Waals surface area contributed by atoms with Crippen molar-refractivity contribution in [1.82, 2.24) is 10.2 Å². The molecule has 2 bridgehead atoms. The molecule has 4 heterocycles. The van der Waals surface area contributed by atoms with Crippen molar-refractivity contribution in [2.75, 3.05) is 19.6 Å². The van der Waals surface area contributed by atoms with Crippen LogP contribution in [0.25, 0.3) is 11.0 Å². The summed E-state index contributed by atoms with van der Waals surface area (Å²) in [5, 5.41) is 12.8. The lowest BCUT2D eigenvalue weighted by atomic mass is 9.84. The first-order valence-electron chi connectivity index (χ1n) is 7.70. The molecule has 1 atom stereocenters. The van der Waals surface area contributed by atoms with Crippen molar-refractivity contribution in [3.8, 4) is 6.07 Å². The van der Waals surface area contributed by atoms with E-state index in [1.165, 1.54) is 12.8 Å². The van der Waals surface area contributed by atoms with Crippen molar-refractivity contribution < 1.29 is 9.21 Å². The number of carbonyl (C=O) groups excluding carboxylic acids is 1. The lowest BCUT2D eigenvalue weighted by molar-refractivity contribution is 0.0620. The van der Waals surface area contributed by atoms with Gasteiger partial charge in [0.1, 0.15) is 11.7 Å². The van der Waals surface area contributed by atoms with Gasteiger partial charge in [0.15, 0.2) is 0 Å². The molecule has 5 heteroatoms. The average molecular weight is 295 g/mol. The normalized spacial score (nSPS) is 26.8. The lowest BCUT2D eigenvalue weighted by Crippen LogP contribution is -2.57. The van der Waals surface area contributed by atoms with Crippen molar-refractivity contribution in [3.05, 3.63) is 35.6 Å². The maximum atomic E-state index is 12.5. The lowest BCUT2D eigenvalue weighted by Gasteiger charge is -2.44. The number of amides is 1. The number of rotatable bonds is 2. The van der Waals surface area contributed by atoms with Crippen molar-refractivity contribution in [2.45, 2.75) is 18.9 Å². The first-order chi connectivity index (χ1) is 10.7. The van der Waals surface area contributed by atoms with Crippen LogP contribution in [-0.4, -0.2) is 36.5 Å². The van der Waals surface area contributed by atoms with E-state index in [4.69, 9.17) is 9.68 Å². The second-order valence-electron chi connectivity index (χ2n) is 6.19. The molecule has 2 aromatic rings. The van der Waals surface area contributed by atoms with Crippen LogP contribution in [0.2, 0.25) is 0 Å². The predicted molar refractivity (Wildman–Crippen MR) is 81.3 cm³/mol. The monoisotopic (exact) mass is 295 g/mol. The molecule has 3 fully saturated rings. The minimum absolute atomic E-state index is 0.0413. The third-order valence-corrected chi connectivity index (χ3v) is 4.86. The summed E-state index contributed by atoms with van der Waals surface area (Å²) in [4.78, 5) is 14.9. The first-order valence-corrected chi connectivity index (χ1v) is 7.70. The summed E-state index contributed by atoms with van der Waals surface area (Å²) >= 11 is 0. The second kappa shape index (κ2) is 5.15. The molecule has 0 aliphatic carbocycles. The summed E-state index contributed by atoms with van der Waals surface area (Å²) in [6, 6.07) is 9.19. The van der Waals surface area contributed by atoms with Gasteiger partial charge in [0, 0.05) is 29.6 Å². The van der Waals surface area contributed by atoms with Crippen LogP contribution >= 0.6 is 0 Å². The van der Waals surface area contributed by atoms with Gasteiger partial charge < -0.3 is 14.6 Å². The van der Waals surface area contributed by atoms with E-state index >= 15 is 0 Å². The molecule has 112 valence electrons. The number of piperidine rings is 3. The van der Waals surface area contributed by atoms with E-state index in [1.54, 1.807) is 24.3 Å². The van der Waals surface area contributed by atoms with Crippen molar-refractivity contribution in [2.24, 2.45) is 5.92 Å². The Bertz CT molecular complexity index is 766. The topological polar surface area (TPSA) is 69.3 Å². The molecule has 3 aliphatic rings. The largest absolute Gasteiger partial charge is 0.446 e. The van der Waals surface area contributed by atoms with Crippen LogP contribution in [0.3, 0.4) is 0 Å². The van der Waals surface area contributed by atoms with E-state index in [2.05, 4.69) is 10.2 Å². The number of furan rings is 1.